The Hall–Kier alpha value is -3.82. The first-order chi connectivity index (χ1) is 17.3. The predicted octanol–water partition coefficient (Wildman–Crippen LogP) is 6.49. The first-order valence-corrected chi connectivity index (χ1v) is 12.8. The van der Waals surface area contributed by atoms with Gasteiger partial charge in [-0.15, -0.1) is 0 Å². The average molecular weight is 496 g/mol. The van der Waals surface area contributed by atoms with Crippen LogP contribution in [0.15, 0.2) is 83.4 Å². The Kier molecular flexibility index (Phi) is 7.61. The lowest BCUT2D eigenvalue weighted by Gasteiger charge is -2.19. The number of anilines is 2. The second kappa shape index (κ2) is 10.8. The number of carbonyl (C=O) groups excluding carboxylic acids is 2. The Labute approximate surface area is 216 Å². The summed E-state index contributed by atoms with van der Waals surface area (Å²) in [6.45, 7) is 8.21. The molecule has 0 spiro atoms. The molecule has 0 radical (unpaired) electrons. The van der Waals surface area contributed by atoms with Crippen LogP contribution in [0, 0.1) is 25.2 Å². The summed E-state index contributed by atoms with van der Waals surface area (Å²) in [5.41, 5.74) is 5.56. The van der Waals surface area contributed by atoms with Gasteiger partial charge in [-0.1, -0.05) is 79.7 Å². The lowest BCUT2D eigenvalue weighted by molar-refractivity contribution is -0.117. The largest absolute Gasteiger partial charge is 0.321 e. The Morgan fingerprint density at radius 1 is 1.03 bits per heavy atom. The van der Waals surface area contributed by atoms with Crippen molar-refractivity contribution in [1.29, 1.82) is 5.26 Å². The standard InChI is InChI=1S/C30H29N3O2S/c1-19(2)22-11-15-25(16-12-22)33-29(35)27(17-23-8-6-5-7-21(23)4)36-30(33)26(18-31)28(34)32-24-13-9-20(3)10-14-24/h5-16,19,27H,17H2,1-4H3,(H,32,34)/b30-26-. The van der Waals surface area contributed by atoms with Crippen LogP contribution in [0.2, 0.25) is 0 Å². The van der Waals surface area contributed by atoms with Crippen molar-refractivity contribution in [3.8, 4) is 6.07 Å². The van der Waals surface area contributed by atoms with E-state index >= 15 is 0 Å². The molecule has 1 aliphatic rings. The lowest BCUT2D eigenvalue weighted by atomic mass is 10.0. The fraction of sp³-hybridized carbons (Fsp3) is 0.233. The molecule has 5 nitrogen and oxygen atoms in total. The van der Waals surface area contributed by atoms with Gasteiger partial charge in [-0.2, -0.15) is 5.26 Å². The maximum atomic E-state index is 13.7. The fourth-order valence-corrected chi connectivity index (χ4v) is 5.40. The van der Waals surface area contributed by atoms with Gasteiger partial charge in [0.2, 0.25) is 5.91 Å². The molecule has 1 saturated heterocycles. The Bertz CT molecular complexity index is 1350. The molecule has 4 rings (SSSR count). The van der Waals surface area contributed by atoms with Crippen LogP contribution < -0.4 is 10.2 Å². The molecule has 0 saturated carbocycles. The second-order valence-electron chi connectivity index (χ2n) is 9.27. The minimum atomic E-state index is -0.531. The quantitative estimate of drug-likeness (QED) is 0.313. The summed E-state index contributed by atoms with van der Waals surface area (Å²) in [5, 5.41) is 12.8. The third-order valence-corrected chi connectivity index (χ3v) is 7.56. The van der Waals surface area contributed by atoms with Crippen LogP contribution in [0.25, 0.3) is 0 Å². The van der Waals surface area contributed by atoms with E-state index < -0.39 is 11.2 Å². The van der Waals surface area contributed by atoms with Crippen LogP contribution >= 0.6 is 11.8 Å². The third-order valence-electron chi connectivity index (χ3n) is 6.30. The molecule has 0 bridgehead atoms. The lowest BCUT2D eigenvalue weighted by Crippen LogP contribution is -2.31. The molecule has 2 amide bonds. The summed E-state index contributed by atoms with van der Waals surface area (Å²) in [7, 11) is 0. The summed E-state index contributed by atoms with van der Waals surface area (Å²) in [6.07, 6.45) is 0.512. The highest BCUT2D eigenvalue weighted by molar-refractivity contribution is 8.05. The molecule has 6 heteroatoms. The molecule has 36 heavy (non-hydrogen) atoms. The smallest absolute Gasteiger partial charge is 0.269 e. The zero-order valence-electron chi connectivity index (χ0n) is 20.9. The van der Waals surface area contributed by atoms with Crippen LogP contribution in [-0.4, -0.2) is 17.1 Å². The van der Waals surface area contributed by atoms with Gasteiger partial charge in [-0.25, -0.2) is 0 Å². The van der Waals surface area contributed by atoms with E-state index in [1.54, 1.807) is 12.1 Å². The van der Waals surface area contributed by atoms with Crippen LogP contribution in [-0.2, 0) is 16.0 Å². The number of nitrogens with one attached hydrogen (secondary N) is 1. The predicted molar refractivity (Wildman–Crippen MR) is 147 cm³/mol. The molecule has 0 aliphatic carbocycles. The van der Waals surface area contributed by atoms with Crippen molar-refractivity contribution in [2.75, 3.05) is 10.2 Å². The van der Waals surface area contributed by atoms with Gasteiger partial charge in [-0.3, -0.25) is 14.5 Å². The first kappa shape index (κ1) is 25.3. The number of nitrogens with zero attached hydrogens (tertiary/aromatic N) is 2. The Morgan fingerprint density at radius 2 is 1.69 bits per heavy atom. The highest BCUT2D eigenvalue weighted by Gasteiger charge is 2.41. The number of amides is 2. The molecule has 3 aromatic rings. The van der Waals surface area contributed by atoms with Gasteiger partial charge in [0.25, 0.3) is 5.91 Å². The van der Waals surface area contributed by atoms with Gasteiger partial charge in [0.15, 0.2) is 0 Å². The van der Waals surface area contributed by atoms with Crippen molar-refractivity contribution in [2.45, 2.75) is 45.3 Å². The molecule has 1 atom stereocenters. The van der Waals surface area contributed by atoms with E-state index in [0.717, 1.165) is 22.3 Å². The van der Waals surface area contributed by atoms with Crippen molar-refractivity contribution < 1.29 is 9.59 Å². The summed E-state index contributed by atoms with van der Waals surface area (Å²) in [4.78, 5) is 28.5. The van der Waals surface area contributed by atoms with E-state index in [1.165, 1.54) is 16.7 Å². The highest BCUT2D eigenvalue weighted by Crippen LogP contribution is 2.42. The zero-order valence-corrected chi connectivity index (χ0v) is 21.7. The molecule has 1 aliphatic heterocycles. The van der Waals surface area contributed by atoms with Gasteiger partial charge >= 0.3 is 0 Å². The van der Waals surface area contributed by atoms with Crippen molar-refractivity contribution in [2.24, 2.45) is 0 Å². The maximum absolute atomic E-state index is 13.7. The van der Waals surface area contributed by atoms with Crippen LogP contribution in [0.1, 0.15) is 42.0 Å². The van der Waals surface area contributed by atoms with Crippen molar-refractivity contribution in [1.82, 2.24) is 0 Å². The van der Waals surface area contributed by atoms with Crippen LogP contribution in [0.3, 0.4) is 0 Å². The third kappa shape index (κ3) is 5.37. The monoisotopic (exact) mass is 495 g/mol. The topological polar surface area (TPSA) is 73.2 Å². The van der Waals surface area contributed by atoms with Gasteiger partial charge in [-0.05, 0) is 67.1 Å². The number of hydrogen-bond donors (Lipinski definition) is 1. The van der Waals surface area contributed by atoms with Crippen molar-refractivity contribution >= 4 is 35.0 Å². The van der Waals surface area contributed by atoms with Gasteiger partial charge in [0, 0.05) is 11.4 Å². The van der Waals surface area contributed by atoms with Crippen LogP contribution in [0.5, 0.6) is 0 Å². The van der Waals surface area contributed by atoms with Gasteiger partial charge < -0.3 is 5.32 Å². The number of rotatable bonds is 6. The normalized spacial score (nSPS) is 16.7. The summed E-state index contributed by atoms with van der Waals surface area (Å²) in [5.74, 6) is -0.315. The SMILES string of the molecule is Cc1ccc(NC(=O)/C(C#N)=C2\SC(Cc3ccccc3C)C(=O)N2c2ccc(C(C)C)cc2)cc1. The fourth-order valence-electron chi connectivity index (χ4n) is 4.10. The number of nitriles is 1. The number of aryl methyl sites for hydroxylation is 2. The van der Waals surface area contributed by atoms with Gasteiger partial charge in [0.1, 0.15) is 16.7 Å². The Morgan fingerprint density at radius 3 is 2.31 bits per heavy atom. The number of benzene rings is 3. The molecule has 182 valence electrons. The summed E-state index contributed by atoms with van der Waals surface area (Å²) in [6, 6.07) is 25.2. The van der Waals surface area contributed by atoms with E-state index in [2.05, 4.69) is 25.2 Å². The second-order valence-corrected chi connectivity index (χ2v) is 10.5. The molecule has 0 aromatic heterocycles. The average Bonchev–Trinajstić information content (AvgIpc) is 3.17. The molecular weight excluding hydrogens is 466 g/mol. The van der Waals surface area contributed by atoms with E-state index in [9.17, 15) is 14.9 Å². The molecule has 1 heterocycles. The van der Waals surface area contributed by atoms with E-state index in [-0.39, 0.29) is 11.5 Å². The minimum Gasteiger partial charge on any atom is -0.321 e. The molecule has 3 aromatic carbocycles. The molecule has 1 unspecified atom stereocenters. The van der Waals surface area contributed by atoms with E-state index in [4.69, 9.17) is 0 Å². The molecular formula is C30H29N3O2S. The molecule has 1 fully saturated rings. The highest BCUT2D eigenvalue weighted by atomic mass is 32.2. The van der Waals surface area contributed by atoms with Crippen molar-refractivity contribution in [3.63, 3.8) is 0 Å². The first-order valence-electron chi connectivity index (χ1n) is 12.0. The van der Waals surface area contributed by atoms with Crippen molar-refractivity contribution in [3.05, 3.63) is 106 Å². The van der Waals surface area contributed by atoms with Crippen LogP contribution in [0.4, 0.5) is 11.4 Å². The zero-order chi connectivity index (χ0) is 25.8. The van der Waals surface area contributed by atoms with E-state index in [1.807, 2.05) is 74.5 Å². The number of thioether (sulfide) groups is 1. The minimum absolute atomic E-state index is 0.0749. The summed E-state index contributed by atoms with van der Waals surface area (Å²) >= 11 is 1.28. The number of carbonyl (C=O) groups is 2. The summed E-state index contributed by atoms with van der Waals surface area (Å²) < 4.78 is 0. The molecule has 1 N–H and O–H groups in total. The van der Waals surface area contributed by atoms with E-state index in [0.29, 0.717) is 28.7 Å². The number of hydrogen-bond acceptors (Lipinski definition) is 4. The Balaban J connectivity index is 1.73. The maximum Gasteiger partial charge on any atom is 0.269 e. The van der Waals surface area contributed by atoms with Gasteiger partial charge in [0.05, 0.1) is 5.25 Å².